The van der Waals surface area contributed by atoms with Crippen molar-refractivity contribution in [3.63, 3.8) is 0 Å². The van der Waals surface area contributed by atoms with Crippen LogP contribution in [-0.4, -0.2) is 15.0 Å². The molecular formula is C51H31N3OS. The minimum absolute atomic E-state index is 0.592. The summed E-state index contributed by atoms with van der Waals surface area (Å²) in [4.78, 5) is 15.5. The van der Waals surface area contributed by atoms with Gasteiger partial charge in [0.25, 0.3) is 0 Å². The lowest BCUT2D eigenvalue weighted by atomic mass is 9.95. The molecular weight excluding hydrogens is 703 g/mol. The lowest BCUT2D eigenvalue weighted by Crippen LogP contribution is -2.00. The number of aromatic nitrogens is 3. The molecule has 0 spiro atoms. The van der Waals surface area contributed by atoms with Crippen LogP contribution in [0.1, 0.15) is 0 Å². The molecule has 3 aromatic heterocycles. The third kappa shape index (κ3) is 5.48. The van der Waals surface area contributed by atoms with Gasteiger partial charge in [0.1, 0.15) is 11.2 Å². The predicted octanol–water partition coefficient (Wildman–Crippen LogP) is 14.1. The summed E-state index contributed by atoms with van der Waals surface area (Å²) in [6, 6.07) is 65.6. The molecule has 5 heteroatoms. The molecule has 0 saturated heterocycles. The third-order valence-electron chi connectivity index (χ3n) is 10.6. The van der Waals surface area contributed by atoms with Gasteiger partial charge in [-0.15, -0.1) is 11.3 Å². The van der Waals surface area contributed by atoms with Crippen molar-refractivity contribution < 1.29 is 4.42 Å². The molecule has 0 saturated carbocycles. The molecule has 8 aromatic carbocycles. The molecule has 3 heterocycles. The number of benzene rings is 8. The number of fused-ring (bicyclic) bond motifs is 6. The fraction of sp³-hybridized carbons (Fsp3) is 0. The van der Waals surface area contributed by atoms with Crippen molar-refractivity contribution >= 4 is 53.4 Å². The summed E-state index contributed by atoms with van der Waals surface area (Å²) in [5, 5.41) is 4.52. The topological polar surface area (TPSA) is 51.8 Å². The highest BCUT2D eigenvalue weighted by molar-refractivity contribution is 7.26. The molecule has 0 fully saturated rings. The molecule has 0 radical (unpaired) electrons. The Morgan fingerprint density at radius 2 is 0.893 bits per heavy atom. The summed E-state index contributed by atoms with van der Waals surface area (Å²) in [5.74, 6) is 1.82. The summed E-state index contributed by atoms with van der Waals surface area (Å²) >= 11 is 1.83. The number of furan rings is 1. The molecule has 0 amide bonds. The summed E-state index contributed by atoms with van der Waals surface area (Å²) in [6.07, 6.45) is 0. The molecule has 0 aliphatic heterocycles. The molecule has 0 aliphatic carbocycles. The van der Waals surface area contributed by atoms with Gasteiger partial charge >= 0.3 is 0 Å². The minimum Gasteiger partial charge on any atom is -0.456 e. The zero-order chi connectivity index (χ0) is 37.0. The molecule has 262 valence electrons. The first-order valence-electron chi connectivity index (χ1n) is 18.7. The molecule has 11 aromatic rings. The molecule has 0 aliphatic rings. The van der Waals surface area contributed by atoms with E-state index in [0.717, 1.165) is 60.9 Å². The van der Waals surface area contributed by atoms with E-state index in [0.29, 0.717) is 17.5 Å². The monoisotopic (exact) mass is 733 g/mol. The highest BCUT2D eigenvalue weighted by atomic mass is 32.1. The second-order valence-corrected chi connectivity index (χ2v) is 15.0. The van der Waals surface area contributed by atoms with Gasteiger partial charge in [-0.05, 0) is 57.6 Å². The van der Waals surface area contributed by atoms with E-state index in [-0.39, 0.29) is 0 Å². The molecule has 56 heavy (non-hydrogen) atoms. The molecule has 11 rings (SSSR count). The normalized spacial score (nSPS) is 11.6. The highest BCUT2D eigenvalue weighted by Gasteiger charge is 2.21. The fourth-order valence-corrected chi connectivity index (χ4v) is 9.17. The standard InChI is InChI=1S/C51H31N3OS/c1-4-14-32(15-5-1)33-26-28-36(29-27-33)50-52-49(35-18-8-3-9-19-35)53-51(54-50)42-30-37(31-44-46(42)40-20-10-11-24-43(40)55-44)39-22-12-23-41-47-38(34-16-6-2-7-17-34)21-13-25-45(47)56-48(39)41/h1-31H. The smallest absolute Gasteiger partial charge is 0.164 e. The van der Waals surface area contributed by atoms with Crippen molar-refractivity contribution in [2.24, 2.45) is 0 Å². The lowest BCUT2D eigenvalue weighted by Gasteiger charge is -2.12. The largest absolute Gasteiger partial charge is 0.456 e. The van der Waals surface area contributed by atoms with Gasteiger partial charge in [0, 0.05) is 47.6 Å². The highest BCUT2D eigenvalue weighted by Crippen LogP contribution is 2.46. The van der Waals surface area contributed by atoms with E-state index in [1.165, 1.54) is 31.3 Å². The van der Waals surface area contributed by atoms with Crippen molar-refractivity contribution in [2.75, 3.05) is 0 Å². The maximum atomic E-state index is 6.64. The van der Waals surface area contributed by atoms with Crippen LogP contribution in [0.3, 0.4) is 0 Å². The van der Waals surface area contributed by atoms with Crippen LogP contribution in [-0.2, 0) is 0 Å². The Bertz CT molecular complexity index is 3230. The zero-order valence-electron chi connectivity index (χ0n) is 30.1. The first-order valence-corrected chi connectivity index (χ1v) is 19.5. The Kier molecular flexibility index (Phi) is 7.64. The van der Waals surface area contributed by atoms with Crippen LogP contribution in [0.5, 0.6) is 0 Å². The molecule has 0 bridgehead atoms. The van der Waals surface area contributed by atoms with Gasteiger partial charge in [-0.2, -0.15) is 0 Å². The van der Waals surface area contributed by atoms with Gasteiger partial charge < -0.3 is 4.42 Å². The van der Waals surface area contributed by atoms with Gasteiger partial charge in [0.05, 0.1) is 0 Å². The van der Waals surface area contributed by atoms with Crippen molar-refractivity contribution in [1.82, 2.24) is 15.0 Å². The first kappa shape index (κ1) is 32.2. The van der Waals surface area contributed by atoms with E-state index in [2.05, 4.69) is 140 Å². The van der Waals surface area contributed by atoms with Crippen molar-refractivity contribution in [2.45, 2.75) is 0 Å². The van der Waals surface area contributed by atoms with Gasteiger partial charge in [-0.1, -0.05) is 164 Å². The number of rotatable bonds is 6. The van der Waals surface area contributed by atoms with E-state index in [9.17, 15) is 0 Å². The minimum atomic E-state index is 0.592. The van der Waals surface area contributed by atoms with Gasteiger partial charge in [0.15, 0.2) is 17.5 Å². The van der Waals surface area contributed by atoms with Crippen LogP contribution in [0.15, 0.2) is 192 Å². The van der Waals surface area contributed by atoms with Crippen LogP contribution >= 0.6 is 11.3 Å². The summed E-state index contributed by atoms with van der Waals surface area (Å²) in [6.45, 7) is 0. The quantitative estimate of drug-likeness (QED) is 0.171. The van der Waals surface area contributed by atoms with Crippen molar-refractivity contribution in [1.29, 1.82) is 0 Å². The van der Waals surface area contributed by atoms with Gasteiger partial charge in [-0.3, -0.25) is 0 Å². The van der Waals surface area contributed by atoms with E-state index in [1.807, 2.05) is 59.9 Å². The number of hydrogen-bond acceptors (Lipinski definition) is 5. The predicted molar refractivity (Wildman–Crippen MR) is 233 cm³/mol. The maximum Gasteiger partial charge on any atom is 0.164 e. The fourth-order valence-electron chi connectivity index (χ4n) is 7.90. The summed E-state index contributed by atoms with van der Waals surface area (Å²) < 4.78 is 9.13. The average molecular weight is 734 g/mol. The second kappa shape index (κ2) is 13.3. The van der Waals surface area contributed by atoms with Crippen LogP contribution in [0.25, 0.3) is 110 Å². The Hall–Kier alpha value is -7.21. The van der Waals surface area contributed by atoms with E-state index >= 15 is 0 Å². The molecule has 0 unspecified atom stereocenters. The number of para-hydroxylation sites is 1. The van der Waals surface area contributed by atoms with Crippen LogP contribution in [0.2, 0.25) is 0 Å². The van der Waals surface area contributed by atoms with Gasteiger partial charge in [-0.25, -0.2) is 15.0 Å². The van der Waals surface area contributed by atoms with E-state index < -0.39 is 0 Å². The van der Waals surface area contributed by atoms with Gasteiger partial charge in [0.2, 0.25) is 0 Å². The third-order valence-corrected chi connectivity index (χ3v) is 11.8. The molecule has 0 atom stereocenters. The number of hydrogen-bond donors (Lipinski definition) is 0. The Morgan fingerprint density at radius 3 is 1.64 bits per heavy atom. The number of nitrogens with zero attached hydrogens (tertiary/aromatic N) is 3. The van der Waals surface area contributed by atoms with Crippen LogP contribution in [0, 0.1) is 0 Å². The maximum absolute atomic E-state index is 6.64. The SMILES string of the molecule is c1ccc(-c2ccc(-c3nc(-c4ccccc4)nc(-c4cc(-c5cccc6c5sc5cccc(-c7ccccc7)c56)cc5oc6ccccc6c45)n3)cc2)cc1. The zero-order valence-corrected chi connectivity index (χ0v) is 30.9. The van der Waals surface area contributed by atoms with Crippen LogP contribution in [0.4, 0.5) is 0 Å². The number of thiophene rings is 1. The van der Waals surface area contributed by atoms with Crippen molar-refractivity contribution in [3.8, 4) is 67.5 Å². The Morgan fingerprint density at radius 1 is 0.339 bits per heavy atom. The van der Waals surface area contributed by atoms with E-state index in [1.54, 1.807) is 0 Å². The van der Waals surface area contributed by atoms with Crippen molar-refractivity contribution in [3.05, 3.63) is 188 Å². The Labute approximate surface area is 327 Å². The molecule has 4 nitrogen and oxygen atoms in total. The van der Waals surface area contributed by atoms with E-state index in [4.69, 9.17) is 19.4 Å². The Balaban J connectivity index is 1.15. The van der Waals surface area contributed by atoms with Crippen LogP contribution < -0.4 is 0 Å². The summed E-state index contributed by atoms with van der Waals surface area (Å²) in [7, 11) is 0. The summed E-state index contributed by atoms with van der Waals surface area (Å²) in [5.41, 5.74) is 11.3. The average Bonchev–Trinajstić information content (AvgIpc) is 3.86. The second-order valence-electron chi connectivity index (χ2n) is 13.9. The lowest BCUT2D eigenvalue weighted by molar-refractivity contribution is 0.669. The molecule has 0 N–H and O–H groups in total. The first-order chi connectivity index (χ1) is 27.7.